The Morgan fingerprint density at radius 1 is 1.47 bits per heavy atom. The van der Waals surface area contributed by atoms with Gasteiger partial charge in [0.15, 0.2) is 0 Å². The molecular formula is C9H18N2O4. The molecule has 0 saturated heterocycles. The van der Waals surface area contributed by atoms with E-state index in [-0.39, 0.29) is 12.8 Å². The summed E-state index contributed by atoms with van der Waals surface area (Å²) >= 11 is 0. The molecule has 0 saturated carbocycles. The first kappa shape index (κ1) is 13.9. The Bertz CT molecular complexity index is 218. The van der Waals surface area contributed by atoms with Gasteiger partial charge in [-0.15, -0.1) is 0 Å². The first-order chi connectivity index (χ1) is 6.93. The number of esters is 1. The molecule has 88 valence electrons. The van der Waals surface area contributed by atoms with E-state index in [2.05, 4.69) is 0 Å². The van der Waals surface area contributed by atoms with Crippen LogP contribution in [0.4, 0.5) is 0 Å². The molecule has 0 aromatic heterocycles. The summed E-state index contributed by atoms with van der Waals surface area (Å²) in [6.07, 6.45) is 0.150. The van der Waals surface area contributed by atoms with Gasteiger partial charge < -0.3 is 20.5 Å². The highest BCUT2D eigenvalue weighted by molar-refractivity contribution is 5.75. The van der Waals surface area contributed by atoms with E-state index in [1.54, 1.807) is 0 Å². The van der Waals surface area contributed by atoms with Crippen LogP contribution in [0.3, 0.4) is 0 Å². The Balaban J connectivity index is 3.53. The lowest BCUT2D eigenvalue weighted by molar-refractivity contribution is -0.144. The van der Waals surface area contributed by atoms with Crippen LogP contribution in [0.2, 0.25) is 0 Å². The van der Waals surface area contributed by atoms with Gasteiger partial charge in [-0.3, -0.25) is 9.59 Å². The highest BCUT2D eigenvalue weighted by Crippen LogP contribution is 1.97. The van der Waals surface area contributed by atoms with Crippen LogP contribution in [0.1, 0.15) is 12.8 Å². The van der Waals surface area contributed by atoms with Crippen molar-refractivity contribution in [1.29, 1.82) is 0 Å². The Morgan fingerprint density at radius 2 is 2.07 bits per heavy atom. The van der Waals surface area contributed by atoms with Gasteiger partial charge in [-0.1, -0.05) is 0 Å². The normalized spacial score (nSPS) is 12.5. The smallest absolute Gasteiger partial charge is 0.320 e. The average molecular weight is 218 g/mol. The summed E-state index contributed by atoms with van der Waals surface area (Å²) in [6, 6.07) is -0.994. The van der Waals surface area contributed by atoms with Crippen LogP contribution in [-0.4, -0.2) is 55.2 Å². The molecule has 0 heterocycles. The predicted molar refractivity (Wildman–Crippen MR) is 54.4 cm³/mol. The van der Waals surface area contributed by atoms with Crippen molar-refractivity contribution in [3.05, 3.63) is 0 Å². The quantitative estimate of drug-likeness (QED) is 0.548. The third kappa shape index (κ3) is 7.90. The van der Waals surface area contributed by atoms with E-state index in [1.165, 1.54) is 0 Å². The van der Waals surface area contributed by atoms with Crippen molar-refractivity contribution in [2.75, 3.05) is 27.2 Å². The molecule has 0 aromatic carbocycles. The van der Waals surface area contributed by atoms with Crippen molar-refractivity contribution in [2.24, 2.45) is 5.73 Å². The van der Waals surface area contributed by atoms with Crippen molar-refractivity contribution in [3.63, 3.8) is 0 Å². The minimum Gasteiger partial charge on any atom is -0.480 e. The molecule has 0 rings (SSSR count). The van der Waals surface area contributed by atoms with Gasteiger partial charge in [0, 0.05) is 13.0 Å². The number of nitrogens with zero attached hydrogens (tertiary/aromatic N) is 1. The van der Waals surface area contributed by atoms with Crippen LogP contribution < -0.4 is 5.73 Å². The topological polar surface area (TPSA) is 92.9 Å². The zero-order valence-corrected chi connectivity index (χ0v) is 9.10. The Hall–Kier alpha value is -1.14. The van der Waals surface area contributed by atoms with E-state index in [0.29, 0.717) is 13.2 Å². The molecule has 0 radical (unpaired) electrons. The number of carboxylic acid groups (broad SMARTS) is 1. The van der Waals surface area contributed by atoms with Gasteiger partial charge in [0.1, 0.15) is 12.6 Å². The molecule has 6 heteroatoms. The van der Waals surface area contributed by atoms with Crippen LogP contribution in [0.25, 0.3) is 0 Å². The maximum atomic E-state index is 11.1. The van der Waals surface area contributed by atoms with Gasteiger partial charge >= 0.3 is 11.9 Å². The number of nitrogens with two attached hydrogens (primary N) is 1. The van der Waals surface area contributed by atoms with Crippen LogP contribution >= 0.6 is 0 Å². The number of carbonyl (C=O) groups excluding carboxylic acids is 1. The second-order valence-electron chi connectivity index (χ2n) is 3.51. The number of carboxylic acids is 1. The summed E-state index contributed by atoms with van der Waals surface area (Å²) in [7, 11) is 3.74. The highest BCUT2D eigenvalue weighted by atomic mass is 16.5. The minimum atomic E-state index is -1.10. The zero-order valence-electron chi connectivity index (χ0n) is 9.10. The van der Waals surface area contributed by atoms with Crippen LogP contribution in [-0.2, 0) is 14.3 Å². The van der Waals surface area contributed by atoms with Gasteiger partial charge in [0.25, 0.3) is 0 Å². The molecule has 0 unspecified atom stereocenters. The maximum Gasteiger partial charge on any atom is 0.320 e. The summed E-state index contributed by atoms with van der Waals surface area (Å²) in [5.74, 6) is -1.51. The van der Waals surface area contributed by atoms with Crippen molar-refractivity contribution in [2.45, 2.75) is 18.9 Å². The molecule has 0 aromatic rings. The van der Waals surface area contributed by atoms with E-state index in [0.717, 1.165) is 0 Å². The lowest BCUT2D eigenvalue weighted by atomic mass is 10.2. The molecule has 0 bridgehead atoms. The Morgan fingerprint density at radius 3 is 2.53 bits per heavy atom. The fourth-order valence-corrected chi connectivity index (χ4v) is 0.811. The fourth-order valence-electron chi connectivity index (χ4n) is 0.811. The fraction of sp³-hybridized carbons (Fsp3) is 0.778. The molecule has 0 amide bonds. The second-order valence-corrected chi connectivity index (χ2v) is 3.51. The number of hydrogen-bond acceptors (Lipinski definition) is 5. The molecule has 0 fully saturated rings. The summed E-state index contributed by atoms with van der Waals surface area (Å²) in [5, 5.41) is 8.46. The predicted octanol–water partition coefficient (Wildman–Crippen LogP) is -0.717. The van der Waals surface area contributed by atoms with Gasteiger partial charge in [0.05, 0.1) is 0 Å². The molecule has 3 N–H and O–H groups in total. The summed E-state index contributed by atoms with van der Waals surface area (Å²) in [4.78, 5) is 23.3. The number of likely N-dealkylation sites (N-methyl/N-ethyl adjacent to an activating group) is 1. The zero-order chi connectivity index (χ0) is 11.8. The third-order valence-corrected chi connectivity index (χ3v) is 1.78. The molecule has 1 atom stereocenters. The van der Waals surface area contributed by atoms with Crippen molar-refractivity contribution < 1.29 is 19.4 Å². The van der Waals surface area contributed by atoms with Gasteiger partial charge in [-0.25, -0.2) is 0 Å². The molecule has 0 aliphatic rings. The Kier molecular flexibility index (Phi) is 6.64. The monoisotopic (exact) mass is 218 g/mol. The molecule has 15 heavy (non-hydrogen) atoms. The standard InChI is InChI=1S/C9H18N2O4/c1-11(2)5-6-15-8(12)4-3-7(10)9(13)14/h7H,3-6,10H2,1-2H3,(H,13,14)/t7-/m1/s1. The molecule has 0 spiro atoms. The Labute approximate surface area is 89.0 Å². The minimum absolute atomic E-state index is 0.0426. The lowest BCUT2D eigenvalue weighted by Gasteiger charge is -2.10. The summed E-state index contributed by atoms with van der Waals surface area (Å²) in [5.41, 5.74) is 5.23. The van der Waals surface area contributed by atoms with Crippen molar-refractivity contribution in [1.82, 2.24) is 4.90 Å². The average Bonchev–Trinajstić information content (AvgIpc) is 2.13. The van der Waals surface area contributed by atoms with E-state index >= 15 is 0 Å². The number of rotatable bonds is 7. The van der Waals surface area contributed by atoms with Crippen molar-refractivity contribution in [3.8, 4) is 0 Å². The number of ether oxygens (including phenoxy) is 1. The maximum absolute atomic E-state index is 11.1. The van der Waals surface area contributed by atoms with Crippen LogP contribution in [0.5, 0.6) is 0 Å². The molecular weight excluding hydrogens is 200 g/mol. The van der Waals surface area contributed by atoms with E-state index in [4.69, 9.17) is 15.6 Å². The second kappa shape index (κ2) is 7.19. The first-order valence-corrected chi connectivity index (χ1v) is 4.72. The summed E-state index contributed by atoms with van der Waals surface area (Å²) < 4.78 is 4.85. The molecule has 0 aliphatic heterocycles. The van der Waals surface area contributed by atoms with Gasteiger partial charge in [-0.05, 0) is 20.5 Å². The van der Waals surface area contributed by atoms with E-state index in [1.807, 2.05) is 19.0 Å². The largest absolute Gasteiger partial charge is 0.480 e. The van der Waals surface area contributed by atoms with Gasteiger partial charge in [-0.2, -0.15) is 0 Å². The highest BCUT2D eigenvalue weighted by Gasteiger charge is 2.13. The SMILES string of the molecule is CN(C)CCOC(=O)CC[C@@H](N)C(=O)O. The van der Waals surface area contributed by atoms with Crippen molar-refractivity contribution >= 4 is 11.9 Å². The number of aliphatic carboxylic acids is 1. The lowest BCUT2D eigenvalue weighted by Crippen LogP contribution is -2.31. The number of hydrogen-bond donors (Lipinski definition) is 2. The van der Waals surface area contributed by atoms with Gasteiger partial charge in [0.2, 0.25) is 0 Å². The third-order valence-electron chi connectivity index (χ3n) is 1.78. The van der Waals surface area contributed by atoms with Crippen LogP contribution in [0.15, 0.2) is 0 Å². The van der Waals surface area contributed by atoms with E-state index < -0.39 is 18.0 Å². The summed E-state index contributed by atoms with van der Waals surface area (Å²) in [6.45, 7) is 0.963. The van der Waals surface area contributed by atoms with Crippen LogP contribution in [0, 0.1) is 0 Å². The first-order valence-electron chi connectivity index (χ1n) is 4.72. The number of carbonyl (C=O) groups is 2. The van der Waals surface area contributed by atoms with E-state index in [9.17, 15) is 9.59 Å². The molecule has 6 nitrogen and oxygen atoms in total. The molecule has 0 aliphatic carbocycles.